The molecule has 0 heterocycles. The molecule has 0 spiro atoms. The van der Waals surface area contributed by atoms with Crippen LogP contribution in [0.25, 0.3) is 0 Å². The first kappa shape index (κ1) is 13.1. The Balaban J connectivity index is 3.85. The van der Waals surface area contributed by atoms with Crippen LogP contribution in [0.2, 0.25) is 0 Å². The van der Waals surface area contributed by atoms with Gasteiger partial charge in [0.1, 0.15) is 0 Å². The lowest BCUT2D eigenvalue weighted by atomic mass is 10.0. The summed E-state index contributed by atoms with van der Waals surface area (Å²) in [4.78, 5) is 16.3. The van der Waals surface area contributed by atoms with Gasteiger partial charge in [0, 0.05) is 0 Å². The SMILES string of the molecule is C=CCONC(=O)[C@@H](CC(C)C)NC. The van der Waals surface area contributed by atoms with Gasteiger partial charge >= 0.3 is 0 Å². The molecule has 0 radical (unpaired) electrons. The van der Waals surface area contributed by atoms with Crippen molar-refractivity contribution in [1.29, 1.82) is 0 Å². The Kier molecular flexibility index (Phi) is 7.06. The zero-order valence-corrected chi connectivity index (χ0v) is 9.17. The Labute approximate surface area is 85.7 Å². The van der Waals surface area contributed by atoms with Crippen molar-refractivity contribution in [2.24, 2.45) is 5.92 Å². The minimum Gasteiger partial charge on any atom is -0.309 e. The van der Waals surface area contributed by atoms with E-state index in [1.165, 1.54) is 0 Å². The van der Waals surface area contributed by atoms with Crippen molar-refractivity contribution in [3.8, 4) is 0 Å². The standard InChI is InChI=1S/C10H20N2O2/c1-5-6-14-12-10(13)9(11-4)7-8(2)3/h5,8-9,11H,1,6-7H2,2-4H3,(H,12,13)/t9-/m1/s1. The van der Waals surface area contributed by atoms with Gasteiger partial charge < -0.3 is 5.32 Å². The van der Waals surface area contributed by atoms with Crippen LogP contribution in [-0.4, -0.2) is 25.6 Å². The number of hydrogen-bond acceptors (Lipinski definition) is 3. The predicted molar refractivity (Wildman–Crippen MR) is 56.6 cm³/mol. The largest absolute Gasteiger partial charge is 0.309 e. The number of likely N-dealkylation sites (N-methyl/N-ethyl adjacent to an activating group) is 1. The van der Waals surface area contributed by atoms with Gasteiger partial charge in [0.15, 0.2) is 0 Å². The molecule has 0 aliphatic carbocycles. The molecule has 0 rings (SSSR count). The minimum absolute atomic E-state index is 0.136. The Hall–Kier alpha value is -0.870. The van der Waals surface area contributed by atoms with Crippen LogP contribution in [0.1, 0.15) is 20.3 Å². The monoisotopic (exact) mass is 200 g/mol. The molecule has 1 atom stereocenters. The number of hydrogen-bond donors (Lipinski definition) is 2. The van der Waals surface area contributed by atoms with Crippen molar-refractivity contribution >= 4 is 5.91 Å². The molecule has 0 aromatic carbocycles. The fourth-order valence-corrected chi connectivity index (χ4v) is 1.07. The Morgan fingerprint density at radius 3 is 2.64 bits per heavy atom. The van der Waals surface area contributed by atoms with Crippen LogP contribution in [0.4, 0.5) is 0 Å². The van der Waals surface area contributed by atoms with E-state index >= 15 is 0 Å². The molecule has 1 amide bonds. The summed E-state index contributed by atoms with van der Waals surface area (Å²) in [6.45, 7) is 7.95. The second-order valence-electron chi connectivity index (χ2n) is 3.54. The third-order valence-corrected chi connectivity index (χ3v) is 1.75. The van der Waals surface area contributed by atoms with Crippen LogP contribution in [0.3, 0.4) is 0 Å². The van der Waals surface area contributed by atoms with Crippen molar-refractivity contribution < 1.29 is 9.63 Å². The third-order valence-electron chi connectivity index (χ3n) is 1.75. The van der Waals surface area contributed by atoms with Gasteiger partial charge in [0.25, 0.3) is 5.91 Å². The van der Waals surface area contributed by atoms with Gasteiger partial charge in [-0.15, -0.1) is 6.58 Å². The van der Waals surface area contributed by atoms with Crippen molar-refractivity contribution in [2.75, 3.05) is 13.7 Å². The fraction of sp³-hybridized carbons (Fsp3) is 0.700. The van der Waals surface area contributed by atoms with E-state index in [2.05, 4.69) is 31.2 Å². The maximum Gasteiger partial charge on any atom is 0.260 e. The van der Waals surface area contributed by atoms with E-state index in [1.807, 2.05) is 0 Å². The van der Waals surface area contributed by atoms with Gasteiger partial charge in [-0.05, 0) is 19.4 Å². The number of carbonyl (C=O) groups excluding carboxylic acids is 1. The molecule has 14 heavy (non-hydrogen) atoms. The molecule has 0 unspecified atom stereocenters. The summed E-state index contributed by atoms with van der Waals surface area (Å²) in [7, 11) is 1.76. The first-order valence-corrected chi connectivity index (χ1v) is 4.81. The number of nitrogens with one attached hydrogen (secondary N) is 2. The summed E-state index contributed by atoms with van der Waals surface area (Å²) in [5, 5.41) is 2.94. The van der Waals surface area contributed by atoms with Gasteiger partial charge in [-0.2, -0.15) is 0 Å². The molecule has 0 aromatic heterocycles. The van der Waals surface area contributed by atoms with Crippen LogP contribution in [0.15, 0.2) is 12.7 Å². The zero-order valence-electron chi connectivity index (χ0n) is 9.17. The average Bonchev–Trinajstić information content (AvgIpc) is 2.14. The molecule has 0 saturated heterocycles. The zero-order chi connectivity index (χ0) is 11.0. The first-order chi connectivity index (χ1) is 6.61. The van der Waals surface area contributed by atoms with E-state index < -0.39 is 0 Å². The van der Waals surface area contributed by atoms with Crippen LogP contribution in [0.5, 0.6) is 0 Å². The molecular weight excluding hydrogens is 180 g/mol. The number of rotatable bonds is 7. The normalized spacial score (nSPS) is 12.6. The molecular formula is C10H20N2O2. The van der Waals surface area contributed by atoms with Crippen molar-refractivity contribution in [2.45, 2.75) is 26.3 Å². The molecule has 0 bridgehead atoms. The molecule has 82 valence electrons. The first-order valence-electron chi connectivity index (χ1n) is 4.81. The van der Waals surface area contributed by atoms with Crippen molar-refractivity contribution in [3.63, 3.8) is 0 Å². The van der Waals surface area contributed by atoms with Crippen LogP contribution >= 0.6 is 0 Å². The maximum absolute atomic E-state index is 11.5. The third kappa shape index (κ3) is 5.72. The van der Waals surface area contributed by atoms with Crippen molar-refractivity contribution in [3.05, 3.63) is 12.7 Å². The molecule has 0 saturated carbocycles. The molecule has 0 aliphatic heterocycles. The molecule has 0 fully saturated rings. The number of carbonyl (C=O) groups is 1. The lowest BCUT2D eigenvalue weighted by Crippen LogP contribution is -2.43. The highest BCUT2D eigenvalue weighted by atomic mass is 16.6. The minimum atomic E-state index is -0.195. The van der Waals surface area contributed by atoms with E-state index in [0.29, 0.717) is 12.5 Å². The topological polar surface area (TPSA) is 50.4 Å². The second kappa shape index (κ2) is 7.53. The van der Waals surface area contributed by atoms with Gasteiger partial charge in [0.2, 0.25) is 0 Å². The summed E-state index contributed by atoms with van der Waals surface area (Å²) in [5.41, 5.74) is 2.37. The van der Waals surface area contributed by atoms with Gasteiger partial charge in [0.05, 0.1) is 12.6 Å². The van der Waals surface area contributed by atoms with Gasteiger partial charge in [-0.25, -0.2) is 5.48 Å². The summed E-state index contributed by atoms with van der Waals surface area (Å²) >= 11 is 0. The van der Waals surface area contributed by atoms with Crippen LogP contribution in [-0.2, 0) is 9.63 Å². The van der Waals surface area contributed by atoms with Crippen LogP contribution < -0.4 is 10.8 Å². The average molecular weight is 200 g/mol. The van der Waals surface area contributed by atoms with Crippen LogP contribution in [0, 0.1) is 5.92 Å². The van der Waals surface area contributed by atoms with Gasteiger partial charge in [-0.1, -0.05) is 19.9 Å². The molecule has 2 N–H and O–H groups in total. The lowest BCUT2D eigenvalue weighted by Gasteiger charge is -2.17. The quantitative estimate of drug-likeness (QED) is 0.364. The lowest BCUT2D eigenvalue weighted by molar-refractivity contribution is -0.135. The van der Waals surface area contributed by atoms with E-state index in [4.69, 9.17) is 4.84 Å². The smallest absolute Gasteiger partial charge is 0.260 e. The predicted octanol–water partition coefficient (Wildman–Crippen LogP) is 0.854. The Morgan fingerprint density at radius 2 is 2.21 bits per heavy atom. The number of amides is 1. The summed E-state index contributed by atoms with van der Waals surface area (Å²) in [6, 6.07) is -0.195. The number of hydroxylamine groups is 1. The Morgan fingerprint density at radius 1 is 1.57 bits per heavy atom. The highest BCUT2D eigenvalue weighted by Gasteiger charge is 2.17. The molecule has 4 heteroatoms. The Bertz CT molecular complexity index is 181. The highest BCUT2D eigenvalue weighted by Crippen LogP contribution is 2.04. The summed E-state index contributed by atoms with van der Waals surface area (Å²) in [6.07, 6.45) is 2.37. The fourth-order valence-electron chi connectivity index (χ4n) is 1.07. The van der Waals surface area contributed by atoms with Gasteiger partial charge in [-0.3, -0.25) is 9.63 Å². The molecule has 0 aliphatic rings. The van der Waals surface area contributed by atoms with E-state index in [9.17, 15) is 4.79 Å². The molecule has 4 nitrogen and oxygen atoms in total. The molecule has 0 aromatic rings. The second-order valence-corrected chi connectivity index (χ2v) is 3.54. The van der Waals surface area contributed by atoms with E-state index in [-0.39, 0.29) is 11.9 Å². The van der Waals surface area contributed by atoms with E-state index in [0.717, 1.165) is 6.42 Å². The highest BCUT2D eigenvalue weighted by molar-refractivity contribution is 5.80. The van der Waals surface area contributed by atoms with E-state index in [1.54, 1.807) is 13.1 Å². The van der Waals surface area contributed by atoms with Crippen molar-refractivity contribution in [1.82, 2.24) is 10.8 Å². The maximum atomic E-state index is 11.5. The summed E-state index contributed by atoms with van der Waals surface area (Å²) in [5.74, 6) is 0.334. The summed E-state index contributed by atoms with van der Waals surface area (Å²) < 4.78 is 0.